The number of methoxy groups -OCH3 is 1. The van der Waals surface area contributed by atoms with Crippen molar-refractivity contribution in [2.75, 3.05) is 7.11 Å². The van der Waals surface area contributed by atoms with Crippen LogP contribution in [0.2, 0.25) is 0 Å². The minimum absolute atomic E-state index is 0. The fraction of sp³-hybridized carbons (Fsp3) is 0.667. The molecule has 75 valence electrons. The van der Waals surface area contributed by atoms with E-state index in [1.807, 2.05) is 0 Å². The minimum atomic E-state index is -0.410. The van der Waals surface area contributed by atoms with E-state index in [0.29, 0.717) is 0 Å². The van der Waals surface area contributed by atoms with E-state index in [1.54, 1.807) is 20.8 Å². The van der Waals surface area contributed by atoms with Gasteiger partial charge in [0, 0.05) is 37.7 Å². The Hall–Kier alpha value is -0.246. The van der Waals surface area contributed by atoms with Crippen LogP contribution in [0.5, 0.6) is 0 Å². The van der Waals surface area contributed by atoms with Gasteiger partial charge in [-0.25, -0.2) is 0 Å². The Labute approximate surface area is 91.0 Å². The molecule has 1 N–H and O–H groups in total. The van der Waals surface area contributed by atoms with Gasteiger partial charge in [0.25, 0.3) is 0 Å². The van der Waals surface area contributed by atoms with Crippen molar-refractivity contribution >= 4 is 5.78 Å². The maximum Gasteiger partial charge on any atom is 0.161 e. The van der Waals surface area contributed by atoms with Crippen LogP contribution in [0, 0.1) is 5.92 Å². The number of carbonyl (C=O) groups is 1. The van der Waals surface area contributed by atoms with Crippen molar-refractivity contribution in [3.8, 4) is 0 Å². The molecule has 0 aliphatic rings. The number of aliphatic hydroxyl groups is 1. The van der Waals surface area contributed by atoms with Crippen LogP contribution in [0.3, 0.4) is 0 Å². The average molecular weight is 223 g/mol. The molecule has 0 aromatic carbocycles. The van der Waals surface area contributed by atoms with Crippen LogP contribution in [0.15, 0.2) is 11.8 Å². The number of ether oxygens (including phenoxy) is 1. The minimum Gasteiger partial charge on any atom is -0.509 e. The van der Waals surface area contributed by atoms with Crippen molar-refractivity contribution in [1.29, 1.82) is 0 Å². The summed E-state index contributed by atoms with van der Waals surface area (Å²) in [5, 5.41) is 9.25. The first kappa shape index (κ1) is 15.2. The molecule has 0 aromatic rings. The third kappa shape index (κ3) is 5.91. The Morgan fingerprint density at radius 2 is 1.85 bits per heavy atom. The van der Waals surface area contributed by atoms with E-state index < -0.39 is 6.10 Å². The van der Waals surface area contributed by atoms with E-state index >= 15 is 0 Å². The standard InChI is InChI=1S/C9H16O3.V/c1-6(2)8(10)5-9(11)7(3)12-4;/h5-7,11H,1-4H3;/b9-5-;. The first-order valence-corrected chi connectivity index (χ1v) is 3.96. The average Bonchev–Trinajstić information content (AvgIpc) is 2.02. The number of allylic oxidation sites excluding steroid dienone is 1. The Morgan fingerprint density at radius 1 is 1.38 bits per heavy atom. The van der Waals surface area contributed by atoms with Crippen LogP contribution in [-0.2, 0) is 28.1 Å². The van der Waals surface area contributed by atoms with Crippen LogP contribution in [0.4, 0.5) is 0 Å². The molecule has 0 heterocycles. The molecule has 4 heteroatoms. The van der Waals surface area contributed by atoms with Gasteiger partial charge in [0.15, 0.2) is 5.78 Å². The normalized spacial score (nSPS) is 13.8. The van der Waals surface area contributed by atoms with Gasteiger partial charge in [-0.05, 0) is 6.92 Å². The molecule has 1 radical (unpaired) electrons. The smallest absolute Gasteiger partial charge is 0.161 e. The van der Waals surface area contributed by atoms with E-state index in [9.17, 15) is 9.90 Å². The number of hydrogen-bond donors (Lipinski definition) is 1. The Kier molecular flexibility index (Phi) is 8.42. The second kappa shape index (κ2) is 7.19. The molecule has 0 saturated carbocycles. The van der Waals surface area contributed by atoms with E-state index in [4.69, 9.17) is 4.74 Å². The topological polar surface area (TPSA) is 46.5 Å². The summed E-state index contributed by atoms with van der Waals surface area (Å²) in [7, 11) is 1.48. The first-order valence-electron chi connectivity index (χ1n) is 3.96. The molecule has 0 fully saturated rings. The summed E-state index contributed by atoms with van der Waals surface area (Å²) in [5.74, 6) is -0.191. The van der Waals surface area contributed by atoms with Gasteiger partial charge in [-0.15, -0.1) is 0 Å². The van der Waals surface area contributed by atoms with Crippen LogP contribution < -0.4 is 0 Å². The van der Waals surface area contributed by atoms with E-state index in [0.717, 1.165) is 0 Å². The monoisotopic (exact) mass is 223 g/mol. The summed E-state index contributed by atoms with van der Waals surface area (Å²) in [5.41, 5.74) is 0. The van der Waals surface area contributed by atoms with E-state index in [1.165, 1.54) is 13.2 Å². The predicted molar refractivity (Wildman–Crippen MR) is 47.0 cm³/mol. The molecule has 0 spiro atoms. The molecular weight excluding hydrogens is 207 g/mol. The van der Waals surface area contributed by atoms with Gasteiger partial charge in [-0.2, -0.15) is 0 Å². The molecule has 0 bridgehead atoms. The quantitative estimate of drug-likeness (QED) is 0.582. The molecule has 0 aromatic heterocycles. The van der Waals surface area contributed by atoms with Crippen molar-refractivity contribution in [1.82, 2.24) is 0 Å². The second-order valence-electron chi connectivity index (χ2n) is 3.00. The molecule has 1 atom stereocenters. The van der Waals surface area contributed by atoms with Crippen LogP contribution in [0.1, 0.15) is 20.8 Å². The van der Waals surface area contributed by atoms with E-state index in [2.05, 4.69) is 0 Å². The maximum atomic E-state index is 11.1. The third-order valence-electron chi connectivity index (χ3n) is 1.63. The number of rotatable bonds is 4. The van der Waals surface area contributed by atoms with Gasteiger partial charge in [-0.1, -0.05) is 13.8 Å². The predicted octanol–water partition coefficient (Wildman–Crippen LogP) is 1.69. The van der Waals surface area contributed by atoms with Gasteiger partial charge >= 0.3 is 0 Å². The van der Waals surface area contributed by atoms with Crippen LogP contribution in [-0.4, -0.2) is 24.1 Å². The van der Waals surface area contributed by atoms with Gasteiger partial charge in [0.2, 0.25) is 0 Å². The maximum absolute atomic E-state index is 11.1. The number of ketones is 1. The molecular formula is C9H16O3V. The molecule has 0 saturated heterocycles. The summed E-state index contributed by atoms with van der Waals surface area (Å²) in [6, 6.07) is 0. The summed E-state index contributed by atoms with van der Waals surface area (Å²) in [6.07, 6.45) is 0.812. The van der Waals surface area contributed by atoms with Crippen LogP contribution >= 0.6 is 0 Å². The summed E-state index contributed by atoms with van der Waals surface area (Å²) in [4.78, 5) is 11.1. The molecule has 0 amide bonds. The zero-order valence-electron chi connectivity index (χ0n) is 8.44. The zero-order valence-corrected chi connectivity index (χ0v) is 9.84. The number of hydrogen-bond acceptors (Lipinski definition) is 3. The number of aliphatic hydroxyl groups excluding tert-OH is 1. The van der Waals surface area contributed by atoms with Gasteiger partial charge in [-0.3, -0.25) is 4.79 Å². The van der Waals surface area contributed by atoms with Crippen molar-refractivity contribution in [3.05, 3.63) is 11.8 Å². The number of carbonyl (C=O) groups excluding carboxylic acids is 1. The molecule has 13 heavy (non-hydrogen) atoms. The first-order chi connectivity index (χ1) is 5.49. The summed E-state index contributed by atoms with van der Waals surface area (Å²) >= 11 is 0. The molecule has 1 unspecified atom stereocenters. The fourth-order valence-electron chi connectivity index (χ4n) is 0.551. The van der Waals surface area contributed by atoms with Gasteiger partial charge < -0.3 is 9.84 Å². The second-order valence-corrected chi connectivity index (χ2v) is 3.00. The molecule has 0 rings (SSSR count). The van der Waals surface area contributed by atoms with Crippen molar-refractivity contribution < 1.29 is 33.2 Å². The SMILES string of the molecule is COC(C)/C(O)=C/C(=O)C(C)C.[V]. The zero-order chi connectivity index (χ0) is 9.72. The van der Waals surface area contributed by atoms with Crippen molar-refractivity contribution in [2.24, 2.45) is 5.92 Å². The Bertz CT molecular complexity index is 187. The van der Waals surface area contributed by atoms with E-state index in [-0.39, 0.29) is 36.0 Å². The summed E-state index contributed by atoms with van der Waals surface area (Å²) in [6.45, 7) is 5.24. The van der Waals surface area contributed by atoms with Crippen molar-refractivity contribution in [3.63, 3.8) is 0 Å². The fourth-order valence-corrected chi connectivity index (χ4v) is 0.551. The molecule has 0 aliphatic carbocycles. The Balaban J connectivity index is 0. The van der Waals surface area contributed by atoms with Crippen LogP contribution in [0.25, 0.3) is 0 Å². The molecule has 0 aliphatic heterocycles. The summed E-state index contributed by atoms with van der Waals surface area (Å²) < 4.78 is 4.82. The Morgan fingerprint density at radius 3 is 2.15 bits per heavy atom. The molecule has 3 nitrogen and oxygen atoms in total. The van der Waals surface area contributed by atoms with Gasteiger partial charge in [0.05, 0.1) is 0 Å². The third-order valence-corrected chi connectivity index (χ3v) is 1.63. The van der Waals surface area contributed by atoms with Crippen molar-refractivity contribution in [2.45, 2.75) is 26.9 Å². The van der Waals surface area contributed by atoms with Gasteiger partial charge in [0.1, 0.15) is 11.9 Å². The largest absolute Gasteiger partial charge is 0.509 e.